The minimum Gasteiger partial charge on any atom is -0.508 e. The van der Waals surface area contributed by atoms with Crippen LogP contribution in [-0.4, -0.2) is 20.0 Å². The maximum atomic E-state index is 11.4. The average Bonchev–Trinajstić information content (AvgIpc) is 2.54. The summed E-state index contributed by atoms with van der Waals surface area (Å²) >= 11 is 1.21. The Kier molecular flexibility index (Phi) is 3.94. The normalized spacial score (nSPS) is 10.6. The summed E-state index contributed by atoms with van der Waals surface area (Å²) in [5.41, 5.74) is 0.293. The van der Waals surface area contributed by atoms with Gasteiger partial charge in [0.1, 0.15) is 5.75 Å². The van der Waals surface area contributed by atoms with Crippen LogP contribution in [-0.2, 0) is 0 Å². The maximum Gasteiger partial charge on any atom is 0.362 e. The summed E-state index contributed by atoms with van der Waals surface area (Å²) in [5, 5.41) is 18.8. The lowest BCUT2D eigenvalue weighted by Crippen LogP contribution is -2.32. The fourth-order valence-corrected chi connectivity index (χ4v) is 2.84. The van der Waals surface area contributed by atoms with Crippen LogP contribution in [0.1, 0.15) is 0 Å². The van der Waals surface area contributed by atoms with Crippen molar-refractivity contribution in [3.8, 4) is 16.9 Å². The van der Waals surface area contributed by atoms with E-state index < -0.39 is 11.2 Å². The van der Waals surface area contributed by atoms with Crippen LogP contribution in [0.2, 0.25) is 0 Å². The highest BCUT2D eigenvalue weighted by molar-refractivity contribution is 7.99. The highest BCUT2D eigenvalue weighted by atomic mass is 32.2. The first-order valence-corrected chi connectivity index (χ1v) is 7.47. The molecule has 0 spiro atoms. The molecule has 0 aliphatic heterocycles. The monoisotopic (exact) mass is 328 g/mol. The molecular formula is C16H12N2O4S. The number of hydrogen-bond acceptors (Lipinski definition) is 5. The van der Waals surface area contributed by atoms with Gasteiger partial charge in [-0.1, -0.05) is 40.8 Å². The van der Waals surface area contributed by atoms with E-state index in [9.17, 15) is 14.7 Å². The first kappa shape index (κ1) is 15.0. The molecule has 0 radical (unpaired) electrons. The van der Waals surface area contributed by atoms with E-state index in [0.29, 0.717) is 5.03 Å². The molecule has 3 N–H and O–H groups in total. The maximum absolute atomic E-state index is 11.4. The summed E-state index contributed by atoms with van der Waals surface area (Å²) in [7, 11) is 0. The van der Waals surface area contributed by atoms with Gasteiger partial charge in [0.15, 0.2) is 0 Å². The zero-order valence-corrected chi connectivity index (χ0v) is 12.6. The summed E-state index contributed by atoms with van der Waals surface area (Å²) in [6, 6.07) is 15.5. The summed E-state index contributed by atoms with van der Waals surface area (Å²) in [6.07, 6.45) is 0. The van der Waals surface area contributed by atoms with Crippen molar-refractivity contribution in [1.82, 2.24) is 9.71 Å². The second kappa shape index (κ2) is 6.05. The van der Waals surface area contributed by atoms with Crippen molar-refractivity contribution in [2.24, 2.45) is 0 Å². The molecule has 7 heteroatoms. The van der Waals surface area contributed by atoms with Crippen LogP contribution in [0.4, 0.5) is 0 Å². The fraction of sp³-hybridized carbons (Fsp3) is 0. The van der Waals surface area contributed by atoms with Gasteiger partial charge in [0.2, 0.25) is 0 Å². The molecular weight excluding hydrogens is 316 g/mol. The predicted molar refractivity (Wildman–Crippen MR) is 86.2 cm³/mol. The minimum absolute atomic E-state index is 0.0258. The molecule has 6 nitrogen and oxygen atoms in total. The Balaban J connectivity index is 1.84. The van der Waals surface area contributed by atoms with E-state index >= 15 is 0 Å². The van der Waals surface area contributed by atoms with Gasteiger partial charge in [-0.05, 0) is 35.4 Å². The molecule has 2 aromatic carbocycles. The molecule has 3 rings (SSSR count). The lowest BCUT2D eigenvalue weighted by molar-refractivity contribution is 0.159. The van der Waals surface area contributed by atoms with Crippen LogP contribution in [0, 0.1) is 0 Å². The Bertz CT molecular complexity index is 912. The Morgan fingerprint density at radius 3 is 2.04 bits per heavy atom. The molecule has 0 amide bonds. The van der Waals surface area contributed by atoms with E-state index in [1.165, 1.54) is 11.8 Å². The third kappa shape index (κ3) is 3.29. The molecule has 0 saturated carbocycles. The molecule has 0 fully saturated rings. The lowest BCUT2D eigenvalue weighted by atomic mass is 10.1. The van der Waals surface area contributed by atoms with Crippen molar-refractivity contribution in [2.45, 2.75) is 9.92 Å². The van der Waals surface area contributed by atoms with Crippen LogP contribution in [0.15, 0.2) is 74.1 Å². The summed E-state index contributed by atoms with van der Waals surface area (Å²) < 4.78 is 0.0258. The molecule has 116 valence electrons. The van der Waals surface area contributed by atoms with Gasteiger partial charge in [0, 0.05) is 11.0 Å². The van der Waals surface area contributed by atoms with Gasteiger partial charge in [-0.2, -0.15) is 0 Å². The first-order valence-electron chi connectivity index (χ1n) is 6.66. The van der Waals surface area contributed by atoms with Gasteiger partial charge in [0.25, 0.3) is 5.56 Å². The smallest absolute Gasteiger partial charge is 0.362 e. The molecule has 0 bridgehead atoms. The summed E-state index contributed by atoms with van der Waals surface area (Å²) in [5.74, 6) is 0.212. The number of H-pyrrole nitrogens is 1. The van der Waals surface area contributed by atoms with Crippen molar-refractivity contribution in [1.29, 1.82) is 0 Å². The molecule has 0 unspecified atom stereocenters. The average molecular weight is 328 g/mol. The van der Waals surface area contributed by atoms with Gasteiger partial charge in [-0.3, -0.25) is 9.78 Å². The van der Waals surface area contributed by atoms with E-state index in [-0.39, 0.29) is 10.5 Å². The Morgan fingerprint density at radius 2 is 1.48 bits per heavy atom. The van der Waals surface area contributed by atoms with Crippen LogP contribution in [0.5, 0.6) is 5.75 Å². The van der Waals surface area contributed by atoms with Crippen LogP contribution in [0.25, 0.3) is 11.1 Å². The third-order valence-corrected chi connectivity index (χ3v) is 4.12. The first-order chi connectivity index (χ1) is 11.0. The molecule has 23 heavy (non-hydrogen) atoms. The third-order valence-electron chi connectivity index (χ3n) is 3.17. The number of benzene rings is 2. The summed E-state index contributed by atoms with van der Waals surface area (Å²) in [4.78, 5) is 26.0. The van der Waals surface area contributed by atoms with Gasteiger partial charge in [0.05, 0.1) is 5.03 Å². The molecule has 0 saturated heterocycles. The Morgan fingerprint density at radius 1 is 0.913 bits per heavy atom. The largest absolute Gasteiger partial charge is 0.508 e. The van der Waals surface area contributed by atoms with Gasteiger partial charge < -0.3 is 10.3 Å². The zero-order valence-electron chi connectivity index (χ0n) is 11.8. The second-order valence-electron chi connectivity index (χ2n) is 4.76. The highest BCUT2D eigenvalue weighted by Gasteiger charge is 2.05. The summed E-state index contributed by atoms with van der Waals surface area (Å²) in [6.45, 7) is 0. The van der Waals surface area contributed by atoms with E-state index in [4.69, 9.17) is 5.21 Å². The molecule has 1 aromatic heterocycles. The number of nitrogens with one attached hydrogen (secondary N) is 1. The van der Waals surface area contributed by atoms with Gasteiger partial charge in [-0.15, -0.1) is 0 Å². The zero-order chi connectivity index (χ0) is 16.4. The Labute approximate surface area is 134 Å². The van der Waals surface area contributed by atoms with Crippen molar-refractivity contribution >= 4 is 11.8 Å². The molecule has 0 atom stereocenters. The van der Waals surface area contributed by atoms with E-state index in [1.807, 2.05) is 36.4 Å². The van der Waals surface area contributed by atoms with Crippen molar-refractivity contribution in [3.63, 3.8) is 0 Å². The van der Waals surface area contributed by atoms with Gasteiger partial charge >= 0.3 is 5.69 Å². The standard InChI is InChI=1S/C16H12N2O4S/c19-12-5-1-10(2-6-12)11-3-7-13(8-4-11)23-14-9-15(20)18(22)16(21)17-14/h1-9,19,22H,(H,17,21). The van der Waals surface area contributed by atoms with E-state index in [0.717, 1.165) is 22.1 Å². The lowest BCUT2D eigenvalue weighted by Gasteiger charge is -2.05. The van der Waals surface area contributed by atoms with Crippen molar-refractivity contribution in [3.05, 3.63) is 75.4 Å². The predicted octanol–water partition coefficient (Wildman–Crippen LogP) is 2.30. The number of nitrogens with zero attached hydrogens (tertiary/aromatic N) is 1. The van der Waals surface area contributed by atoms with Crippen LogP contribution >= 0.6 is 11.8 Å². The van der Waals surface area contributed by atoms with Crippen molar-refractivity contribution < 1.29 is 10.3 Å². The fourth-order valence-electron chi connectivity index (χ4n) is 2.02. The molecule has 0 aliphatic rings. The second-order valence-corrected chi connectivity index (χ2v) is 5.88. The number of hydrogen-bond donors (Lipinski definition) is 3. The van der Waals surface area contributed by atoms with E-state index in [2.05, 4.69) is 4.98 Å². The number of rotatable bonds is 3. The topological polar surface area (TPSA) is 95.3 Å². The minimum atomic E-state index is -0.874. The number of phenolic OH excluding ortho intramolecular Hbond substituents is 1. The number of aromatic amines is 1. The van der Waals surface area contributed by atoms with Crippen LogP contribution in [0.3, 0.4) is 0 Å². The quantitative estimate of drug-likeness (QED) is 0.506. The van der Waals surface area contributed by atoms with Gasteiger partial charge in [-0.25, -0.2) is 4.79 Å². The number of phenols is 1. The Hall–Kier alpha value is -2.93. The highest BCUT2D eigenvalue weighted by Crippen LogP contribution is 2.28. The number of aromatic hydroxyl groups is 1. The SMILES string of the molecule is O=c1cc(Sc2ccc(-c3ccc(O)cc3)cc2)[nH]c(=O)n1O. The molecule has 1 heterocycles. The van der Waals surface area contributed by atoms with Crippen LogP contribution < -0.4 is 11.2 Å². The number of aromatic nitrogens is 2. The molecule has 3 aromatic rings. The van der Waals surface area contributed by atoms with Crippen molar-refractivity contribution in [2.75, 3.05) is 0 Å². The van der Waals surface area contributed by atoms with E-state index in [1.54, 1.807) is 12.1 Å². The molecule has 0 aliphatic carbocycles.